The van der Waals surface area contributed by atoms with Crippen LogP contribution in [0.15, 0.2) is 90.3 Å². The summed E-state index contributed by atoms with van der Waals surface area (Å²) in [5, 5.41) is 4.57. The Morgan fingerprint density at radius 2 is 1.65 bits per heavy atom. The van der Waals surface area contributed by atoms with Gasteiger partial charge >= 0.3 is 0 Å². The molecule has 1 N–H and O–H groups in total. The zero-order valence-corrected chi connectivity index (χ0v) is 21.4. The molecule has 0 saturated carbocycles. The van der Waals surface area contributed by atoms with Crippen molar-refractivity contribution in [3.8, 4) is 0 Å². The molecule has 3 aromatic carbocycles. The van der Waals surface area contributed by atoms with Gasteiger partial charge in [-0.15, -0.1) is 6.58 Å². The van der Waals surface area contributed by atoms with Crippen LogP contribution in [0, 0.1) is 0 Å². The summed E-state index contributed by atoms with van der Waals surface area (Å²) in [6, 6.07) is 22.4. The minimum absolute atomic E-state index is 0.0587. The van der Waals surface area contributed by atoms with E-state index < -0.39 is 15.6 Å². The van der Waals surface area contributed by atoms with E-state index in [1.165, 1.54) is 4.31 Å². The van der Waals surface area contributed by atoms with Crippen molar-refractivity contribution in [2.45, 2.75) is 23.3 Å². The summed E-state index contributed by atoms with van der Waals surface area (Å²) in [6.45, 7) is 4.56. The van der Waals surface area contributed by atoms with Crippen LogP contribution < -0.4 is 10.2 Å². The Bertz CT molecular complexity index is 1430. The fourth-order valence-electron chi connectivity index (χ4n) is 5.31. The molecular weight excluding hydrogens is 488 g/mol. The number of carbonyl (C=O) groups excluding carboxylic acids is 2. The largest absolute Gasteiger partial charge is 0.351 e. The number of anilines is 1. The number of hydrogen-bond acceptors (Lipinski definition) is 5. The highest BCUT2D eigenvalue weighted by Crippen LogP contribution is 2.40. The normalized spacial score (nSPS) is 17.9. The zero-order chi connectivity index (χ0) is 26.0. The quantitative estimate of drug-likeness (QED) is 0.486. The molecule has 2 aliphatic rings. The Hall–Kier alpha value is -3.69. The lowest BCUT2D eigenvalue weighted by atomic mass is 9.86. The molecule has 0 aromatic heterocycles. The van der Waals surface area contributed by atoms with Gasteiger partial charge < -0.3 is 15.1 Å². The van der Waals surface area contributed by atoms with Crippen LogP contribution in [0.1, 0.15) is 12.8 Å². The van der Waals surface area contributed by atoms with Crippen molar-refractivity contribution in [2.75, 3.05) is 37.7 Å². The summed E-state index contributed by atoms with van der Waals surface area (Å²) >= 11 is 0. The number of nitrogens with zero attached hydrogens (tertiary/aromatic N) is 3. The van der Waals surface area contributed by atoms with E-state index >= 15 is 0 Å². The number of benzene rings is 3. The molecule has 2 heterocycles. The maximum absolute atomic E-state index is 13.8. The van der Waals surface area contributed by atoms with E-state index in [9.17, 15) is 18.0 Å². The molecule has 0 unspecified atom stereocenters. The van der Waals surface area contributed by atoms with Crippen molar-refractivity contribution in [3.63, 3.8) is 0 Å². The van der Waals surface area contributed by atoms with Crippen molar-refractivity contribution >= 4 is 38.3 Å². The Balaban J connectivity index is 1.39. The Labute approximate surface area is 217 Å². The smallest absolute Gasteiger partial charge is 0.250 e. The number of amides is 2. The fraction of sp³-hybridized carbons (Fsp3) is 0.286. The van der Waals surface area contributed by atoms with Crippen LogP contribution in [0.4, 0.5) is 5.69 Å². The van der Waals surface area contributed by atoms with Gasteiger partial charge in [-0.25, -0.2) is 8.42 Å². The first-order valence-corrected chi connectivity index (χ1v) is 13.8. The maximum Gasteiger partial charge on any atom is 0.250 e. The van der Waals surface area contributed by atoms with Gasteiger partial charge in [-0.3, -0.25) is 9.59 Å². The number of hydrogen-bond donors (Lipinski definition) is 1. The second-order valence-corrected chi connectivity index (χ2v) is 11.4. The summed E-state index contributed by atoms with van der Waals surface area (Å²) in [7, 11) is -3.73. The molecule has 37 heavy (non-hydrogen) atoms. The topological polar surface area (TPSA) is 90.0 Å². The number of rotatable bonds is 7. The fourth-order valence-corrected chi connectivity index (χ4v) is 6.79. The Morgan fingerprint density at radius 1 is 0.973 bits per heavy atom. The van der Waals surface area contributed by atoms with Gasteiger partial charge in [-0.2, -0.15) is 4.31 Å². The van der Waals surface area contributed by atoms with Gasteiger partial charge in [0.05, 0.1) is 11.6 Å². The van der Waals surface area contributed by atoms with Crippen LogP contribution in [0.2, 0.25) is 0 Å². The van der Waals surface area contributed by atoms with Gasteiger partial charge in [0.2, 0.25) is 21.8 Å². The van der Waals surface area contributed by atoms with Crippen molar-refractivity contribution in [1.29, 1.82) is 0 Å². The zero-order valence-electron chi connectivity index (χ0n) is 20.5. The van der Waals surface area contributed by atoms with E-state index in [-0.39, 0.29) is 43.0 Å². The molecule has 0 bridgehead atoms. The molecule has 2 saturated heterocycles. The molecule has 5 rings (SSSR count). The molecule has 0 aliphatic carbocycles. The van der Waals surface area contributed by atoms with Gasteiger partial charge in [0.15, 0.2) is 0 Å². The molecule has 0 atom stereocenters. The summed E-state index contributed by atoms with van der Waals surface area (Å²) in [5.74, 6) is -0.400. The van der Waals surface area contributed by atoms with Crippen molar-refractivity contribution in [3.05, 3.63) is 85.5 Å². The van der Waals surface area contributed by atoms with E-state index in [2.05, 4.69) is 11.9 Å². The first kappa shape index (κ1) is 25.0. The second-order valence-electron chi connectivity index (χ2n) is 9.45. The molecule has 9 heteroatoms. The minimum atomic E-state index is -3.73. The Morgan fingerprint density at radius 3 is 2.35 bits per heavy atom. The number of nitrogens with one attached hydrogen (secondary N) is 1. The van der Waals surface area contributed by atoms with E-state index in [1.54, 1.807) is 23.1 Å². The summed E-state index contributed by atoms with van der Waals surface area (Å²) < 4.78 is 28.5. The lowest BCUT2D eigenvalue weighted by molar-refractivity contribution is -0.137. The van der Waals surface area contributed by atoms with Crippen LogP contribution >= 0.6 is 0 Å². The molecule has 2 fully saturated rings. The van der Waals surface area contributed by atoms with Gasteiger partial charge in [0.25, 0.3) is 0 Å². The van der Waals surface area contributed by atoms with E-state index in [0.29, 0.717) is 19.4 Å². The van der Waals surface area contributed by atoms with Gasteiger partial charge in [0, 0.05) is 25.3 Å². The standard InChI is InChI=1S/C28H30N4O4S/c1-2-16-29-26(33)20-30-21-32(24-10-4-3-5-11-24)28(27(30)34)14-17-31(18-15-28)37(35,36)25-13-12-22-8-6-7-9-23(22)19-25/h2-13,19H,1,14-18,20-21H2,(H,29,33). The summed E-state index contributed by atoms with van der Waals surface area (Å²) in [5.41, 5.74) is -0.0363. The monoisotopic (exact) mass is 518 g/mol. The number of para-hydroxylation sites is 1. The molecule has 2 amide bonds. The predicted molar refractivity (Wildman–Crippen MR) is 143 cm³/mol. The lowest BCUT2D eigenvalue weighted by Crippen LogP contribution is -2.57. The summed E-state index contributed by atoms with van der Waals surface area (Å²) in [6.07, 6.45) is 2.25. The van der Waals surface area contributed by atoms with Gasteiger partial charge in [0.1, 0.15) is 12.1 Å². The van der Waals surface area contributed by atoms with E-state index in [1.807, 2.05) is 65.6 Å². The van der Waals surface area contributed by atoms with Crippen molar-refractivity contribution in [1.82, 2.24) is 14.5 Å². The highest BCUT2D eigenvalue weighted by molar-refractivity contribution is 7.89. The van der Waals surface area contributed by atoms with Crippen molar-refractivity contribution in [2.24, 2.45) is 0 Å². The first-order chi connectivity index (χ1) is 17.8. The third-order valence-electron chi connectivity index (χ3n) is 7.27. The molecule has 1 spiro atoms. The molecular formula is C28H30N4O4S. The molecule has 192 valence electrons. The Kier molecular flexibility index (Phi) is 6.74. The number of piperidine rings is 1. The lowest BCUT2D eigenvalue weighted by Gasteiger charge is -2.42. The molecule has 0 radical (unpaired) electrons. The number of sulfonamides is 1. The van der Waals surface area contributed by atoms with Crippen LogP contribution in [0.3, 0.4) is 0 Å². The SMILES string of the molecule is C=CCNC(=O)CN1CN(c2ccccc2)C2(CCN(S(=O)(=O)c3ccc4ccccc4c3)CC2)C1=O. The third kappa shape index (κ3) is 4.60. The average molecular weight is 519 g/mol. The van der Waals surface area contributed by atoms with Crippen LogP contribution in [-0.2, 0) is 19.6 Å². The van der Waals surface area contributed by atoms with Gasteiger partial charge in [-0.1, -0.05) is 54.6 Å². The molecule has 2 aliphatic heterocycles. The third-order valence-corrected chi connectivity index (χ3v) is 9.16. The van der Waals surface area contributed by atoms with E-state index in [0.717, 1.165) is 16.5 Å². The molecule has 8 nitrogen and oxygen atoms in total. The highest BCUT2D eigenvalue weighted by Gasteiger charge is 2.55. The predicted octanol–water partition coefficient (Wildman–Crippen LogP) is 2.97. The summed E-state index contributed by atoms with van der Waals surface area (Å²) in [4.78, 5) is 30.0. The second kappa shape index (κ2) is 9.99. The maximum atomic E-state index is 13.8. The van der Waals surface area contributed by atoms with Crippen LogP contribution in [0.5, 0.6) is 0 Å². The van der Waals surface area contributed by atoms with Gasteiger partial charge in [-0.05, 0) is 47.9 Å². The van der Waals surface area contributed by atoms with Crippen LogP contribution in [-0.4, -0.2) is 67.8 Å². The first-order valence-electron chi connectivity index (χ1n) is 12.3. The highest BCUT2D eigenvalue weighted by atomic mass is 32.2. The average Bonchev–Trinajstić information content (AvgIpc) is 3.18. The van der Waals surface area contributed by atoms with Crippen LogP contribution in [0.25, 0.3) is 10.8 Å². The number of carbonyl (C=O) groups is 2. The number of fused-ring (bicyclic) bond motifs is 1. The molecule has 3 aromatic rings. The van der Waals surface area contributed by atoms with E-state index in [4.69, 9.17) is 0 Å². The minimum Gasteiger partial charge on any atom is -0.351 e. The van der Waals surface area contributed by atoms with Crippen molar-refractivity contribution < 1.29 is 18.0 Å².